The molecule has 1 saturated carbocycles. The zero-order valence-corrected chi connectivity index (χ0v) is 17.6. The van der Waals surface area contributed by atoms with Crippen molar-refractivity contribution in [3.63, 3.8) is 0 Å². The maximum absolute atomic E-state index is 12.4. The van der Waals surface area contributed by atoms with Gasteiger partial charge in [-0.2, -0.15) is 0 Å². The van der Waals surface area contributed by atoms with Crippen LogP contribution < -0.4 is 5.32 Å². The predicted octanol–water partition coefficient (Wildman–Crippen LogP) is 4.81. The summed E-state index contributed by atoms with van der Waals surface area (Å²) in [6.45, 7) is 0. The van der Waals surface area contributed by atoms with Gasteiger partial charge in [0.15, 0.2) is 5.16 Å². The molecule has 1 aromatic heterocycles. The van der Waals surface area contributed by atoms with Gasteiger partial charge in [0.2, 0.25) is 5.91 Å². The molecule has 0 spiro atoms. The number of anilines is 1. The molecule has 30 heavy (non-hydrogen) atoms. The number of amides is 1. The number of carbonyl (C=O) groups excluding carboxylic acids is 1. The molecule has 156 valence electrons. The number of benzene rings is 2. The van der Waals surface area contributed by atoms with Gasteiger partial charge in [0, 0.05) is 24.2 Å². The van der Waals surface area contributed by atoms with Crippen molar-refractivity contribution in [2.75, 3.05) is 11.1 Å². The second kappa shape index (κ2) is 9.80. The van der Waals surface area contributed by atoms with E-state index in [4.69, 9.17) is 0 Å². The lowest BCUT2D eigenvalue weighted by Gasteiger charge is -2.25. The van der Waals surface area contributed by atoms with E-state index < -0.39 is 0 Å². The Bertz CT molecular complexity index is 984. The molecule has 1 aliphatic carbocycles. The van der Waals surface area contributed by atoms with Gasteiger partial charge < -0.3 is 15.0 Å². The van der Waals surface area contributed by atoms with Gasteiger partial charge in [0.25, 0.3) is 0 Å². The van der Waals surface area contributed by atoms with Crippen molar-refractivity contribution in [2.45, 2.75) is 49.7 Å². The molecule has 2 aromatic carbocycles. The minimum Gasteiger partial charge on any atom is -0.508 e. The Hall–Kier alpha value is -2.80. The predicted molar refractivity (Wildman–Crippen MR) is 119 cm³/mol. The van der Waals surface area contributed by atoms with Gasteiger partial charge in [-0.3, -0.25) is 4.79 Å². The Morgan fingerprint density at radius 2 is 1.87 bits per heavy atom. The number of hydrogen-bond acceptors (Lipinski definition) is 5. The Labute approximate surface area is 180 Å². The number of nitrogens with zero attached hydrogens (tertiary/aromatic N) is 3. The van der Waals surface area contributed by atoms with E-state index in [1.807, 2.05) is 18.2 Å². The smallest absolute Gasteiger partial charge is 0.234 e. The van der Waals surface area contributed by atoms with Crippen LogP contribution in [0.3, 0.4) is 0 Å². The molecule has 0 aliphatic heterocycles. The summed E-state index contributed by atoms with van der Waals surface area (Å²) in [6.07, 6.45) is 6.71. The normalized spacial score (nSPS) is 14.5. The number of hydrogen-bond donors (Lipinski definition) is 2. The third kappa shape index (κ3) is 5.21. The number of aromatic hydroxyl groups is 1. The maximum Gasteiger partial charge on any atom is 0.234 e. The van der Waals surface area contributed by atoms with Crippen molar-refractivity contribution < 1.29 is 9.90 Å². The number of nitrogens with one attached hydrogen (secondary N) is 1. The Morgan fingerprint density at radius 1 is 1.07 bits per heavy atom. The minimum atomic E-state index is -0.131. The molecule has 1 heterocycles. The highest BCUT2D eigenvalue weighted by molar-refractivity contribution is 7.99. The summed E-state index contributed by atoms with van der Waals surface area (Å²) in [4.78, 5) is 12.4. The third-order valence-electron chi connectivity index (χ3n) is 5.34. The summed E-state index contributed by atoms with van der Waals surface area (Å²) >= 11 is 1.42. The molecule has 6 nitrogen and oxygen atoms in total. The fourth-order valence-corrected chi connectivity index (χ4v) is 4.75. The zero-order chi connectivity index (χ0) is 20.8. The van der Waals surface area contributed by atoms with E-state index in [1.165, 1.54) is 42.7 Å². The molecule has 0 atom stereocenters. The van der Waals surface area contributed by atoms with E-state index in [0.717, 1.165) is 30.2 Å². The number of carbonyl (C=O) groups is 1. The Balaban J connectivity index is 1.48. The summed E-state index contributed by atoms with van der Waals surface area (Å²) in [7, 11) is 0. The van der Waals surface area contributed by atoms with Crippen LogP contribution in [0.5, 0.6) is 5.75 Å². The van der Waals surface area contributed by atoms with Crippen LogP contribution >= 0.6 is 11.8 Å². The highest BCUT2D eigenvalue weighted by atomic mass is 32.2. The monoisotopic (exact) mass is 422 g/mol. The number of phenolic OH excluding ortho intramolecular Hbond substituents is 1. The van der Waals surface area contributed by atoms with Crippen LogP contribution in [0.15, 0.2) is 59.8 Å². The van der Waals surface area contributed by atoms with Crippen molar-refractivity contribution in [3.8, 4) is 5.75 Å². The average Bonchev–Trinajstić information content (AvgIpc) is 3.16. The van der Waals surface area contributed by atoms with Gasteiger partial charge in [-0.1, -0.05) is 67.4 Å². The van der Waals surface area contributed by atoms with Crippen molar-refractivity contribution in [1.29, 1.82) is 0 Å². The largest absolute Gasteiger partial charge is 0.508 e. The second-order valence-corrected chi connectivity index (χ2v) is 8.55. The Kier molecular flexibility index (Phi) is 6.69. The SMILES string of the molecule is O=C(CSc1nnc(Cc2ccccc2)n1C1CCCCC1)Nc1cccc(O)c1. The lowest BCUT2D eigenvalue weighted by atomic mass is 9.95. The van der Waals surface area contributed by atoms with Crippen molar-refractivity contribution in [1.82, 2.24) is 14.8 Å². The molecule has 1 amide bonds. The van der Waals surface area contributed by atoms with Crippen molar-refractivity contribution in [2.24, 2.45) is 0 Å². The standard InChI is InChI=1S/C23H26N4O2S/c28-20-13-7-10-18(15-20)24-22(29)16-30-23-26-25-21(14-17-8-3-1-4-9-17)27(23)19-11-5-2-6-12-19/h1,3-4,7-10,13,15,19,28H,2,5-6,11-12,14,16H2,(H,24,29). The topological polar surface area (TPSA) is 80.0 Å². The third-order valence-corrected chi connectivity index (χ3v) is 6.29. The van der Waals surface area contributed by atoms with E-state index >= 15 is 0 Å². The number of aromatic nitrogens is 3. The molecule has 1 aliphatic rings. The molecular formula is C23H26N4O2S. The molecule has 4 rings (SSSR count). The second-order valence-electron chi connectivity index (χ2n) is 7.61. The Morgan fingerprint density at radius 3 is 2.63 bits per heavy atom. The summed E-state index contributed by atoms with van der Waals surface area (Å²) in [5.74, 6) is 1.20. The summed E-state index contributed by atoms with van der Waals surface area (Å²) in [6, 6.07) is 17.3. The first-order valence-corrected chi connectivity index (χ1v) is 11.4. The van der Waals surface area contributed by atoms with E-state index in [2.05, 4.69) is 32.2 Å². The highest BCUT2D eigenvalue weighted by Crippen LogP contribution is 2.33. The van der Waals surface area contributed by atoms with Crippen LogP contribution in [0, 0.1) is 0 Å². The molecule has 1 fully saturated rings. The van der Waals surface area contributed by atoms with Gasteiger partial charge in [0.05, 0.1) is 5.75 Å². The van der Waals surface area contributed by atoms with E-state index in [1.54, 1.807) is 18.2 Å². The fraction of sp³-hybridized carbons (Fsp3) is 0.348. The lowest BCUT2D eigenvalue weighted by Crippen LogP contribution is -2.18. The van der Waals surface area contributed by atoms with Gasteiger partial charge in [-0.25, -0.2) is 0 Å². The van der Waals surface area contributed by atoms with Crippen LogP contribution in [0.1, 0.15) is 49.5 Å². The van der Waals surface area contributed by atoms with Crippen LogP contribution in [-0.2, 0) is 11.2 Å². The number of thioether (sulfide) groups is 1. The maximum atomic E-state index is 12.4. The first-order valence-electron chi connectivity index (χ1n) is 10.4. The van der Waals surface area contributed by atoms with Crippen LogP contribution in [0.4, 0.5) is 5.69 Å². The molecule has 0 saturated heterocycles. The molecule has 3 aromatic rings. The summed E-state index contributed by atoms with van der Waals surface area (Å²) in [5.41, 5.74) is 1.79. The molecule has 0 unspecified atom stereocenters. The fourth-order valence-electron chi connectivity index (χ4n) is 3.92. The van der Waals surface area contributed by atoms with Crippen LogP contribution in [0.2, 0.25) is 0 Å². The zero-order valence-electron chi connectivity index (χ0n) is 16.8. The average molecular weight is 423 g/mol. The van der Waals surface area contributed by atoms with Crippen LogP contribution in [0.25, 0.3) is 0 Å². The van der Waals surface area contributed by atoms with Crippen molar-refractivity contribution in [3.05, 3.63) is 66.0 Å². The number of rotatable bonds is 7. The molecule has 2 N–H and O–H groups in total. The highest BCUT2D eigenvalue weighted by Gasteiger charge is 2.23. The number of phenols is 1. The van der Waals surface area contributed by atoms with Gasteiger partial charge >= 0.3 is 0 Å². The molecule has 0 bridgehead atoms. The van der Waals surface area contributed by atoms with E-state index in [9.17, 15) is 9.90 Å². The minimum absolute atomic E-state index is 0.128. The van der Waals surface area contributed by atoms with E-state index in [0.29, 0.717) is 11.7 Å². The lowest BCUT2D eigenvalue weighted by molar-refractivity contribution is -0.113. The quantitative estimate of drug-likeness (QED) is 0.534. The van der Waals surface area contributed by atoms with Gasteiger partial charge in [0.1, 0.15) is 11.6 Å². The summed E-state index contributed by atoms with van der Waals surface area (Å²) in [5, 5.41) is 22.1. The summed E-state index contributed by atoms with van der Waals surface area (Å²) < 4.78 is 2.26. The molecular weight excluding hydrogens is 396 g/mol. The first kappa shape index (κ1) is 20.5. The van der Waals surface area contributed by atoms with Gasteiger partial charge in [-0.15, -0.1) is 10.2 Å². The van der Waals surface area contributed by atoms with Crippen LogP contribution in [-0.4, -0.2) is 31.5 Å². The molecule has 7 heteroatoms. The molecule has 0 radical (unpaired) electrons. The van der Waals surface area contributed by atoms with E-state index in [-0.39, 0.29) is 17.4 Å². The first-order chi connectivity index (χ1) is 14.7. The van der Waals surface area contributed by atoms with Gasteiger partial charge in [-0.05, 0) is 30.5 Å². The van der Waals surface area contributed by atoms with Crippen molar-refractivity contribution >= 4 is 23.4 Å².